The van der Waals surface area contributed by atoms with E-state index in [1.54, 1.807) is 10.9 Å². The lowest BCUT2D eigenvalue weighted by Crippen LogP contribution is -2.24. The van der Waals surface area contributed by atoms with Crippen LogP contribution in [0.4, 0.5) is 5.69 Å². The van der Waals surface area contributed by atoms with E-state index in [2.05, 4.69) is 20.9 Å². The molecule has 1 aromatic heterocycles. The summed E-state index contributed by atoms with van der Waals surface area (Å²) in [5.41, 5.74) is 8.10. The van der Waals surface area contributed by atoms with Crippen LogP contribution in [-0.4, -0.2) is 9.55 Å². The van der Waals surface area contributed by atoms with E-state index in [4.69, 9.17) is 5.73 Å². The number of benzene rings is 1. The Labute approximate surface area is 126 Å². The monoisotopic (exact) mass is 419 g/mol. The summed E-state index contributed by atoms with van der Waals surface area (Å²) in [4.78, 5) is 16.2. The topological polar surface area (TPSA) is 60.9 Å². The highest BCUT2D eigenvalue weighted by atomic mass is 127. The minimum Gasteiger partial charge on any atom is -0.399 e. The van der Waals surface area contributed by atoms with E-state index in [1.165, 1.54) is 0 Å². The predicted molar refractivity (Wildman–Crippen MR) is 83.6 cm³/mol. The minimum atomic E-state index is -0.0215. The van der Waals surface area contributed by atoms with Crippen molar-refractivity contribution in [3.05, 3.63) is 54.2 Å². The van der Waals surface area contributed by atoms with Crippen LogP contribution in [0.3, 0.4) is 0 Å². The Morgan fingerprint density at radius 3 is 2.89 bits per heavy atom. The van der Waals surface area contributed by atoms with Crippen molar-refractivity contribution in [3.63, 3.8) is 0 Å². The van der Waals surface area contributed by atoms with E-state index in [1.807, 2.05) is 47.7 Å². The van der Waals surface area contributed by atoms with Crippen molar-refractivity contribution in [2.75, 3.05) is 5.73 Å². The summed E-state index contributed by atoms with van der Waals surface area (Å²) in [5, 5.41) is 0. The molecule has 94 valence electrons. The Hall–Kier alpha value is -0.890. The molecule has 0 atom stereocenters. The molecule has 0 radical (unpaired) electrons. The number of nitrogen functional groups attached to an aromatic ring is 1. The molecule has 0 unspecified atom stereocenters. The molecule has 0 amide bonds. The van der Waals surface area contributed by atoms with Gasteiger partial charge in [-0.25, -0.2) is 4.98 Å². The van der Waals surface area contributed by atoms with Crippen molar-refractivity contribution in [2.45, 2.75) is 13.5 Å². The molecule has 0 fully saturated rings. The lowest BCUT2D eigenvalue weighted by molar-refractivity contribution is 0.722. The number of anilines is 1. The standard InChI is InChI=1S/C12H11BrIN3O/c1-7-11(14)12(18)17(6-16-7)5-8-2-3-9(15)4-10(8)13/h2-4,6H,5,15H2,1H3. The van der Waals surface area contributed by atoms with Gasteiger partial charge in [0.05, 0.1) is 22.1 Å². The van der Waals surface area contributed by atoms with Crippen molar-refractivity contribution >= 4 is 44.2 Å². The second-order valence-corrected chi connectivity index (χ2v) is 5.86. The zero-order valence-electron chi connectivity index (χ0n) is 9.65. The normalized spacial score (nSPS) is 10.6. The van der Waals surface area contributed by atoms with Gasteiger partial charge >= 0.3 is 0 Å². The largest absolute Gasteiger partial charge is 0.399 e. The highest BCUT2D eigenvalue weighted by Crippen LogP contribution is 2.20. The van der Waals surface area contributed by atoms with Crippen LogP contribution in [0.2, 0.25) is 0 Å². The van der Waals surface area contributed by atoms with Gasteiger partial charge in [0.2, 0.25) is 0 Å². The fourth-order valence-electron chi connectivity index (χ4n) is 1.53. The highest BCUT2D eigenvalue weighted by molar-refractivity contribution is 14.1. The Morgan fingerprint density at radius 1 is 1.50 bits per heavy atom. The van der Waals surface area contributed by atoms with Gasteiger partial charge < -0.3 is 5.73 Å². The molecule has 0 aliphatic heterocycles. The van der Waals surface area contributed by atoms with Crippen LogP contribution < -0.4 is 11.3 Å². The first kappa shape index (κ1) is 13.5. The number of nitrogens with two attached hydrogens (primary N) is 1. The van der Waals surface area contributed by atoms with Crippen LogP contribution in [0.5, 0.6) is 0 Å². The quantitative estimate of drug-likeness (QED) is 0.601. The van der Waals surface area contributed by atoms with E-state index in [0.29, 0.717) is 15.8 Å². The smallest absolute Gasteiger partial charge is 0.267 e. The molecule has 0 bridgehead atoms. The summed E-state index contributed by atoms with van der Waals surface area (Å²) in [5.74, 6) is 0. The molecule has 18 heavy (non-hydrogen) atoms. The summed E-state index contributed by atoms with van der Waals surface area (Å²) in [6.07, 6.45) is 1.57. The molecule has 0 spiro atoms. The maximum atomic E-state index is 12.0. The average molecular weight is 420 g/mol. The second kappa shape index (κ2) is 5.40. The van der Waals surface area contributed by atoms with Gasteiger partial charge in [0.15, 0.2) is 0 Å². The number of hydrogen-bond acceptors (Lipinski definition) is 3. The maximum Gasteiger partial charge on any atom is 0.267 e. The Morgan fingerprint density at radius 2 is 2.22 bits per heavy atom. The van der Waals surface area contributed by atoms with Gasteiger partial charge in [-0.3, -0.25) is 9.36 Å². The van der Waals surface area contributed by atoms with E-state index in [0.717, 1.165) is 15.7 Å². The van der Waals surface area contributed by atoms with E-state index in [9.17, 15) is 4.79 Å². The molecule has 1 aromatic carbocycles. The molecule has 0 saturated heterocycles. The summed E-state index contributed by atoms with van der Waals surface area (Å²) in [6, 6.07) is 5.54. The second-order valence-electron chi connectivity index (χ2n) is 3.93. The molecule has 2 N–H and O–H groups in total. The van der Waals surface area contributed by atoms with Gasteiger partial charge in [-0.1, -0.05) is 22.0 Å². The lowest BCUT2D eigenvalue weighted by Gasteiger charge is -2.09. The van der Waals surface area contributed by atoms with E-state index >= 15 is 0 Å². The van der Waals surface area contributed by atoms with Crippen molar-refractivity contribution in [1.82, 2.24) is 9.55 Å². The van der Waals surface area contributed by atoms with E-state index < -0.39 is 0 Å². The van der Waals surface area contributed by atoms with Crippen molar-refractivity contribution in [2.24, 2.45) is 0 Å². The highest BCUT2D eigenvalue weighted by Gasteiger charge is 2.07. The van der Waals surface area contributed by atoms with Crippen molar-refractivity contribution in [3.8, 4) is 0 Å². The summed E-state index contributed by atoms with van der Waals surface area (Å²) in [7, 11) is 0. The SMILES string of the molecule is Cc1ncn(Cc2ccc(N)cc2Br)c(=O)c1I. The van der Waals surface area contributed by atoms with Crippen LogP contribution in [0.25, 0.3) is 0 Å². The fourth-order valence-corrected chi connectivity index (χ4v) is 2.51. The Bertz CT molecular complexity index is 654. The first-order valence-corrected chi connectivity index (χ1v) is 7.11. The molecule has 4 nitrogen and oxygen atoms in total. The van der Waals surface area contributed by atoms with Gasteiger partial charge in [0.1, 0.15) is 0 Å². The van der Waals surface area contributed by atoms with Crippen LogP contribution in [0.15, 0.2) is 33.8 Å². The predicted octanol–water partition coefficient (Wildman–Crippen LogP) is 2.55. The number of rotatable bonds is 2. The maximum absolute atomic E-state index is 12.0. The third-order valence-corrected chi connectivity index (χ3v) is 4.56. The summed E-state index contributed by atoms with van der Waals surface area (Å²) in [6.45, 7) is 2.30. The number of halogens is 2. The van der Waals surface area contributed by atoms with Gasteiger partial charge in [-0.15, -0.1) is 0 Å². The van der Waals surface area contributed by atoms with Crippen LogP contribution >= 0.6 is 38.5 Å². The van der Waals surface area contributed by atoms with Crippen LogP contribution in [0, 0.1) is 10.5 Å². The molecule has 6 heteroatoms. The van der Waals surface area contributed by atoms with Gasteiger partial charge in [0.25, 0.3) is 5.56 Å². The Kier molecular flexibility index (Phi) is 4.06. The molecule has 2 aromatic rings. The molecular weight excluding hydrogens is 409 g/mol. The van der Waals surface area contributed by atoms with Crippen LogP contribution in [-0.2, 0) is 6.54 Å². The first-order chi connectivity index (χ1) is 8.49. The van der Waals surface area contributed by atoms with Gasteiger partial charge in [-0.2, -0.15) is 0 Å². The number of aryl methyl sites for hydroxylation is 1. The molecular formula is C12H11BrIN3O. The molecule has 1 heterocycles. The van der Waals surface area contributed by atoms with E-state index in [-0.39, 0.29) is 5.56 Å². The molecule has 2 rings (SSSR count). The van der Waals surface area contributed by atoms with Crippen molar-refractivity contribution in [1.29, 1.82) is 0 Å². The van der Waals surface area contributed by atoms with Gasteiger partial charge in [0, 0.05) is 10.2 Å². The minimum absolute atomic E-state index is 0.0215. The average Bonchev–Trinajstić information content (AvgIpc) is 2.33. The van der Waals surface area contributed by atoms with Crippen molar-refractivity contribution < 1.29 is 0 Å². The summed E-state index contributed by atoms with van der Waals surface area (Å²) < 4.78 is 3.14. The van der Waals surface area contributed by atoms with Crippen LogP contribution in [0.1, 0.15) is 11.3 Å². The lowest BCUT2D eigenvalue weighted by atomic mass is 10.2. The number of hydrogen-bond donors (Lipinski definition) is 1. The molecule has 0 aliphatic rings. The zero-order valence-corrected chi connectivity index (χ0v) is 13.4. The van der Waals surface area contributed by atoms with Gasteiger partial charge in [-0.05, 0) is 47.2 Å². The first-order valence-electron chi connectivity index (χ1n) is 5.24. The molecule has 0 aliphatic carbocycles. The number of nitrogens with zero attached hydrogens (tertiary/aromatic N) is 2. The Balaban J connectivity index is 2.41. The molecule has 0 saturated carbocycles. The summed E-state index contributed by atoms with van der Waals surface area (Å²) >= 11 is 5.47. The zero-order chi connectivity index (χ0) is 13.3. The number of aromatic nitrogens is 2. The fraction of sp³-hybridized carbons (Fsp3) is 0.167. The third kappa shape index (κ3) is 2.74. The third-order valence-electron chi connectivity index (χ3n) is 2.57.